The smallest absolute Gasteiger partial charge is 0.250 e. The topological polar surface area (TPSA) is 55.7 Å². The van der Waals surface area contributed by atoms with Crippen molar-refractivity contribution in [3.8, 4) is 6.07 Å². The third-order valence-electron chi connectivity index (χ3n) is 4.73. The summed E-state index contributed by atoms with van der Waals surface area (Å²) in [5.41, 5.74) is 5.90. The Morgan fingerprint density at radius 1 is 1.08 bits per heavy atom. The van der Waals surface area contributed by atoms with Crippen LogP contribution >= 0.6 is 0 Å². The quantitative estimate of drug-likeness (QED) is 0.536. The van der Waals surface area contributed by atoms with E-state index in [-0.39, 0.29) is 5.92 Å². The number of pyridine rings is 1. The highest BCUT2D eigenvalue weighted by atomic mass is 15.1. The summed E-state index contributed by atoms with van der Waals surface area (Å²) >= 11 is 0. The van der Waals surface area contributed by atoms with Crippen LogP contribution in [0.3, 0.4) is 0 Å². The van der Waals surface area contributed by atoms with Crippen molar-refractivity contribution in [2.24, 2.45) is 0 Å². The van der Waals surface area contributed by atoms with E-state index in [2.05, 4.69) is 58.9 Å². The summed E-state index contributed by atoms with van der Waals surface area (Å²) in [4.78, 5) is 3.43. The first-order valence-corrected chi connectivity index (χ1v) is 8.86. The number of H-pyrrole nitrogens is 1. The summed E-state index contributed by atoms with van der Waals surface area (Å²) in [7, 11) is 0. The molecule has 2 heterocycles. The van der Waals surface area contributed by atoms with E-state index in [1.165, 1.54) is 5.56 Å². The van der Waals surface area contributed by atoms with Crippen LogP contribution in [0.25, 0.3) is 16.7 Å². The molecule has 0 radical (unpaired) electrons. The molecular formula is C22H21N4+. The molecule has 0 aliphatic heterocycles. The molecule has 0 unspecified atom stereocenters. The van der Waals surface area contributed by atoms with Crippen LogP contribution in [-0.4, -0.2) is 4.98 Å². The van der Waals surface area contributed by atoms with E-state index in [9.17, 15) is 5.26 Å². The number of para-hydroxylation sites is 2. The van der Waals surface area contributed by atoms with E-state index >= 15 is 0 Å². The maximum Gasteiger partial charge on any atom is 0.250 e. The molecule has 26 heavy (non-hydrogen) atoms. The van der Waals surface area contributed by atoms with Gasteiger partial charge in [-0.2, -0.15) is 9.66 Å². The molecule has 4 aromatic rings. The molecule has 2 aromatic heterocycles. The molecule has 2 aromatic carbocycles. The van der Waals surface area contributed by atoms with E-state index in [0.29, 0.717) is 5.56 Å². The minimum Gasteiger partial charge on any atom is -0.301 e. The first-order chi connectivity index (χ1) is 12.7. The van der Waals surface area contributed by atoms with Gasteiger partial charge in [-0.25, -0.2) is 0 Å². The van der Waals surface area contributed by atoms with Crippen molar-refractivity contribution in [2.45, 2.75) is 26.3 Å². The number of nitriles is 1. The lowest BCUT2D eigenvalue weighted by atomic mass is 9.99. The Balaban J connectivity index is 1.93. The van der Waals surface area contributed by atoms with Gasteiger partial charge in [-0.3, -0.25) is 4.98 Å². The fourth-order valence-electron chi connectivity index (χ4n) is 3.41. The number of imidazole rings is 1. The standard InChI is InChI=1S/C22H20N4/c1-15(2)17-12-21(24-14-16-8-4-3-5-9-16)26-20-11-7-6-10-19(20)25-22(26)18(17)13-23/h3-12,15H,14H2,1-2H3,(H,24,25)/p+1. The predicted molar refractivity (Wildman–Crippen MR) is 104 cm³/mol. The van der Waals surface area contributed by atoms with Gasteiger partial charge >= 0.3 is 0 Å². The first-order valence-electron chi connectivity index (χ1n) is 8.86. The Morgan fingerprint density at radius 3 is 2.54 bits per heavy atom. The number of aromatic amines is 1. The lowest BCUT2D eigenvalue weighted by Crippen LogP contribution is -2.27. The highest BCUT2D eigenvalue weighted by Crippen LogP contribution is 2.26. The van der Waals surface area contributed by atoms with Gasteiger partial charge < -0.3 is 5.32 Å². The molecule has 2 N–H and O–H groups in total. The molecule has 0 aliphatic carbocycles. The van der Waals surface area contributed by atoms with Crippen molar-refractivity contribution in [2.75, 3.05) is 5.32 Å². The third-order valence-corrected chi connectivity index (χ3v) is 4.73. The zero-order valence-electron chi connectivity index (χ0n) is 15.0. The van der Waals surface area contributed by atoms with Gasteiger partial charge in [0.1, 0.15) is 22.7 Å². The molecule has 0 saturated heterocycles. The largest absolute Gasteiger partial charge is 0.301 e. The Labute approximate surface area is 152 Å². The predicted octanol–water partition coefficient (Wildman–Crippen LogP) is 4.51. The average Bonchev–Trinajstić information content (AvgIpc) is 3.06. The highest BCUT2D eigenvalue weighted by Gasteiger charge is 2.22. The van der Waals surface area contributed by atoms with Crippen molar-refractivity contribution in [1.29, 1.82) is 5.26 Å². The average molecular weight is 341 g/mol. The number of benzene rings is 2. The molecule has 0 amide bonds. The number of aromatic nitrogens is 2. The second-order valence-corrected chi connectivity index (χ2v) is 6.79. The molecule has 0 fully saturated rings. The molecule has 4 nitrogen and oxygen atoms in total. The Morgan fingerprint density at radius 2 is 1.81 bits per heavy atom. The fraction of sp³-hybridized carbons (Fsp3) is 0.182. The lowest BCUT2D eigenvalue weighted by Gasteiger charge is -2.11. The van der Waals surface area contributed by atoms with Crippen LogP contribution in [-0.2, 0) is 6.54 Å². The molecular weight excluding hydrogens is 320 g/mol. The third kappa shape index (κ3) is 2.68. The van der Waals surface area contributed by atoms with Gasteiger partial charge in [-0.05, 0) is 29.2 Å². The zero-order chi connectivity index (χ0) is 18.1. The van der Waals surface area contributed by atoms with Gasteiger partial charge in [0.05, 0.1) is 6.54 Å². The first kappa shape index (κ1) is 16.2. The van der Waals surface area contributed by atoms with Crippen molar-refractivity contribution in [3.05, 3.63) is 77.4 Å². The molecule has 0 aliphatic rings. The summed E-state index contributed by atoms with van der Waals surface area (Å²) in [6.07, 6.45) is 0. The van der Waals surface area contributed by atoms with Gasteiger partial charge in [0.25, 0.3) is 0 Å². The minimum absolute atomic E-state index is 0.262. The molecule has 4 rings (SSSR count). The summed E-state index contributed by atoms with van der Waals surface area (Å²) in [6, 6.07) is 23.0. The maximum absolute atomic E-state index is 9.79. The van der Waals surface area contributed by atoms with Crippen LogP contribution in [0.1, 0.15) is 36.5 Å². The lowest BCUT2D eigenvalue weighted by molar-refractivity contribution is -0.465. The Bertz CT molecular complexity index is 1120. The van der Waals surface area contributed by atoms with E-state index in [1.807, 2.05) is 36.4 Å². The van der Waals surface area contributed by atoms with Crippen LogP contribution in [0.15, 0.2) is 60.7 Å². The monoisotopic (exact) mass is 341 g/mol. The van der Waals surface area contributed by atoms with E-state index in [1.54, 1.807) is 0 Å². The van der Waals surface area contributed by atoms with E-state index in [0.717, 1.165) is 34.6 Å². The van der Waals surface area contributed by atoms with Crippen LogP contribution in [0.5, 0.6) is 0 Å². The molecule has 0 saturated carbocycles. The molecule has 0 spiro atoms. The van der Waals surface area contributed by atoms with Gasteiger partial charge in [-0.15, -0.1) is 0 Å². The molecule has 0 bridgehead atoms. The number of hydrogen-bond donors (Lipinski definition) is 2. The van der Waals surface area contributed by atoms with Crippen molar-refractivity contribution < 1.29 is 4.40 Å². The van der Waals surface area contributed by atoms with Crippen molar-refractivity contribution in [3.63, 3.8) is 0 Å². The number of nitrogens with one attached hydrogen (secondary N) is 2. The second-order valence-electron chi connectivity index (χ2n) is 6.79. The van der Waals surface area contributed by atoms with Crippen LogP contribution < -0.4 is 9.72 Å². The van der Waals surface area contributed by atoms with E-state index < -0.39 is 0 Å². The van der Waals surface area contributed by atoms with Gasteiger partial charge in [-0.1, -0.05) is 56.3 Å². The highest BCUT2D eigenvalue weighted by molar-refractivity contribution is 5.77. The number of fused-ring (bicyclic) bond motifs is 3. The maximum atomic E-state index is 9.79. The fourth-order valence-corrected chi connectivity index (χ4v) is 3.41. The van der Waals surface area contributed by atoms with Crippen LogP contribution in [0.4, 0.5) is 5.82 Å². The summed E-state index contributed by atoms with van der Waals surface area (Å²) in [5, 5.41) is 13.3. The Kier molecular flexibility index (Phi) is 4.06. The minimum atomic E-state index is 0.262. The molecule has 0 atom stereocenters. The number of rotatable bonds is 4. The van der Waals surface area contributed by atoms with Gasteiger partial charge in [0, 0.05) is 6.07 Å². The molecule has 4 heteroatoms. The number of hydrogen-bond acceptors (Lipinski definition) is 2. The SMILES string of the molecule is CC(C)c1cc(NCc2ccccc2)[n+]2c([nH]c3ccccc32)c1C#N. The number of nitrogens with zero attached hydrogens (tertiary/aromatic N) is 2. The number of anilines is 1. The summed E-state index contributed by atoms with van der Waals surface area (Å²) in [5.74, 6) is 1.25. The van der Waals surface area contributed by atoms with Gasteiger partial charge in [0.2, 0.25) is 11.5 Å². The Hall–Kier alpha value is -3.32. The second kappa shape index (κ2) is 6.53. The van der Waals surface area contributed by atoms with Gasteiger partial charge in [0.15, 0.2) is 0 Å². The van der Waals surface area contributed by atoms with E-state index in [4.69, 9.17) is 0 Å². The van der Waals surface area contributed by atoms with Crippen LogP contribution in [0, 0.1) is 11.3 Å². The summed E-state index contributed by atoms with van der Waals surface area (Å²) < 4.78 is 2.11. The van der Waals surface area contributed by atoms with Crippen molar-refractivity contribution >= 4 is 22.5 Å². The molecule has 128 valence electrons. The van der Waals surface area contributed by atoms with Crippen LogP contribution in [0.2, 0.25) is 0 Å². The summed E-state index contributed by atoms with van der Waals surface area (Å²) in [6.45, 7) is 4.97. The zero-order valence-corrected chi connectivity index (χ0v) is 15.0. The normalized spacial score (nSPS) is 11.2. The van der Waals surface area contributed by atoms with Crippen molar-refractivity contribution in [1.82, 2.24) is 4.98 Å².